The molecule has 2 saturated carbocycles. The smallest absolute Gasteiger partial charge is 0.0415 e. The molecule has 0 aromatic heterocycles. The molecule has 1 aromatic carbocycles. The molecule has 3 aliphatic rings. The molecule has 2 fully saturated rings. The summed E-state index contributed by atoms with van der Waals surface area (Å²) in [6.45, 7) is 1.26. The molecule has 0 bridgehead atoms. The van der Waals surface area contributed by atoms with E-state index in [1.54, 1.807) is 11.1 Å². The van der Waals surface area contributed by atoms with Crippen LogP contribution < -0.4 is 5.32 Å². The predicted molar refractivity (Wildman–Crippen MR) is 82.3 cm³/mol. The van der Waals surface area contributed by atoms with E-state index in [1.165, 1.54) is 43.7 Å². The Bertz CT molecular complexity index is 438. The summed E-state index contributed by atoms with van der Waals surface area (Å²) in [7, 11) is 0. The minimum Gasteiger partial charge on any atom is -0.309 e. The summed E-state index contributed by atoms with van der Waals surface area (Å²) in [6.07, 6.45) is 6.00. The number of fused-ring (bicyclic) bond motifs is 1. The molecule has 1 nitrogen and oxygen atoms in total. The van der Waals surface area contributed by atoms with Crippen molar-refractivity contribution in [1.29, 1.82) is 0 Å². The average molecular weight is 273 g/mol. The third kappa shape index (κ3) is 2.71. The number of hydrogen-bond donors (Lipinski definition) is 1. The van der Waals surface area contributed by atoms with Crippen LogP contribution in [0.3, 0.4) is 0 Å². The zero-order valence-corrected chi connectivity index (χ0v) is 12.3. The van der Waals surface area contributed by atoms with Crippen LogP contribution in [0.5, 0.6) is 0 Å². The van der Waals surface area contributed by atoms with Gasteiger partial charge in [0, 0.05) is 17.5 Å². The van der Waals surface area contributed by atoms with Crippen LogP contribution in [0.25, 0.3) is 0 Å². The Morgan fingerprint density at radius 1 is 1.11 bits per heavy atom. The second kappa shape index (κ2) is 5.14. The standard InChI is InChI=1S/C17H23NS/c1-2-4-15-14(3-1)10-19-11-17(15)18-9-16(12-5-6-12)13-7-8-13/h1-4,12-13,16-18H,5-11H2. The topological polar surface area (TPSA) is 12.0 Å². The van der Waals surface area contributed by atoms with Gasteiger partial charge < -0.3 is 5.32 Å². The fourth-order valence-corrected chi connectivity index (χ4v) is 4.73. The van der Waals surface area contributed by atoms with Gasteiger partial charge in [-0.15, -0.1) is 0 Å². The van der Waals surface area contributed by atoms with Gasteiger partial charge in [0.05, 0.1) is 0 Å². The molecule has 4 rings (SSSR count). The van der Waals surface area contributed by atoms with Crippen molar-refractivity contribution in [1.82, 2.24) is 5.32 Å². The monoisotopic (exact) mass is 273 g/mol. The minimum atomic E-state index is 0.593. The van der Waals surface area contributed by atoms with Crippen molar-refractivity contribution in [3.63, 3.8) is 0 Å². The van der Waals surface area contributed by atoms with E-state index in [9.17, 15) is 0 Å². The lowest BCUT2D eigenvalue weighted by atomic mass is 9.96. The van der Waals surface area contributed by atoms with Gasteiger partial charge >= 0.3 is 0 Å². The summed E-state index contributed by atoms with van der Waals surface area (Å²) in [5.41, 5.74) is 3.11. The van der Waals surface area contributed by atoms with Crippen molar-refractivity contribution in [2.75, 3.05) is 12.3 Å². The molecule has 1 heterocycles. The number of thioether (sulfide) groups is 1. The zero-order valence-electron chi connectivity index (χ0n) is 11.5. The Morgan fingerprint density at radius 2 is 1.84 bits per heavy atom. The third-order valence-electron chi connectivity index (χ3n) is 5.03. The first-order chi connectivity index (χ1) is 9.42. The number of hydrogen-bond acceptors (Lipinski definition) is 2. The maximum absolute atomic E-state index is 3.90. The Balaban J connectivity index is 1.42. The van der Waals surface area contributed by atoms with Gasteiger partial charge in [-0.1, -0.05) is 24.3 Å². The van der Waals surface area contributed by atoms with E-state index >= 15 is 0 Å². The van der Waals surface area contributed by atoms with E-state index in [0.717, 1.165) is 17.8 Å². The summed E-state index contributed by atoms with van der Waals surface area (Å²) in [5.74, 6) is 5.55. The molecular weight excluding hydrogens is 250 g/mol. The molecule has 1 aromatic rings. The molecular formula is C17H23NS. The highest BCUT2D eigenvalue weighted by Crippen LogP contribution is 2.49. The van der Waals surface area contributed by atoms with E-state index in [1.807, 2.05) is 0 Å². The Labute approximate surface area is 120 Å². The third-order valence-corrected chi connectivity index (χ3v) is 6.11. The Kier molecular flexibility index (Phi) is 3.32. The lowest BCUT2D eigenvalue weighted by molar-refractivity contribution is 0.362. The highest BCUT2D eigenvalue weighted by atomic mass is 32.2. The maximum atomic E-state index is 3.90. The molecule has 0 radical (unpaired) electrons. The lowest BCUT2D eigenvalue weighted by Crippen LogP contribution is -2.32. The van der Waals surface area contributed by atoms with Gasteiger partial charge in [-0.2, -0.15) is 11.8 Å². The lowest BCUT2D eigenvalue weighted by Gasteiger charge is -2.28. The summed E-state index contributed by atoms with van der Waals surface area (Å²) in [4.78, 5) is 0. The molecule has 0 saturated heterocycles. The molecule has 1 atom stereocenters. The van der Waals surface area contributed by atoms with E-state index in [-0.39, 0.29) is 0 Å². The predicted octanol–water partition coefficient (Wildman–Crippen LogP) is 4.00. The van der Waals surface area contributed by atoms with E-state index in [4.69, 9.17) is 0 Å². The number of rotatable bonds is 5. The first-order valence-electron chi connectivity index (χ1n) is 7.81. The van der Waals surface area contributed by atoms with Crippen molar-refractivity contribution in [3.05, 3.63) is 35.4 Å². The SMILES string of the molecule is c1ccc2c(c1)CSCC2NCC(C1CC1)C1CC1. The normalized spacial score (nSPS) is 26.5. The molecule has 1 N–H and O–H groups in total. The first-order valence-corrected chi connectivity index (χ1v) is 8.96. The van der Waals surface area contributed by atoms with Gasteiger partial charge in [-0.25, -0.2) is 0 Å². The second-order valence-electron chi connectivity index (χ2n) is 6.51. The molecule has 1 unspecified atom stereocenters. The van der Waals surface area contributed by atoms with Crippen molar-refractivity contribution in [2.24, 2.45) is 17.8 Å². The van der Waals surface area contributed by atoms with Crippen molar-refractivity contribution < 1.29 is 0 Å². The van der Waals surface area contributed by atoms with Crippen LogP contribution in [0, 0.1) is 17.8 Å². The summed E-state index contributed by atoms with van der Waals surface area (Å²) in [6, 6.07) is 9.60. The molecule has 1 aliphatic heterocycles. The van der Waals surface area contributed by atoms with Gasteiger partial charge in [-0.3, -0.25) is 0 Å². The van der Waals surface area contributed by atoms with Crippen LogP contribution in [0.4, 0.5) is 0 Å². The van der Waals surface area contributed by atoms with Crippen LogP contribution in [-0.2, 0) is 5.75 Å². The van der Waals surface area contributed by atoms with E-state index in [2.05, 4.69) is 41.3 Å². The molecule has 2 aliphatic carbocycles. The fraction of sp³-hybridized carbons (Fsp3) is 0.647. The molecule has 2 heteroatoms. The van der Waals surface area contributed by atoms with Crippen LogP contribution in [-0.4, -0.2) is 12.3 Å². The fourth-order valence-electron chi connectivity index (χ4n) is 3.60. The van der Waals surface area contributed by atoms with Crippen molar-refractivity contribution >= 4 is 11.8 Å². The van der Waals surface area contributed by atoms with Crippen molar-refractivity contribution in [3.8, 4) is 0 Å². The zero-order chi connectivity index (χ0) is 12.7. The van der Waals surface area contributed by atoms with Crippen LogP contribution in [0.1, 0.15) is 42.9 Å². The largest absolute Gasteiger partial charge is 0.309 e. The number of nitrogens with one attached hydrogen (secondary N) is 1. The second-order valence-corrected chi connectivity index (χ2v) is 7.54. The van der Waals surface area contributed by atoms with Gasteiger partial charge in [0.15, 0.2) is 0 Å². The molecule has 102 valence electrons. The maximum Gasteiger partial charge on any atom is 0.0415 e. The van der Waals surface area contributed by atoms with E-state index in [0.29, 0.717) is 6.04 Å². The minimum absolute atomic E-state index is 0.593. The molecule has 19 heavy (non-hydrogen) atoms. The highest BCUT2D eigenvalue weighted by molar-refractivity contribution is 7.98. The molecule has 0 spiro atoms. The summed E-state index contributed by atoms with van der Waals surface area (Å²) in [5, 5.41) is 3.90. The van der Waals surface area contributed by atoms with Crippen LogP contribution >= 0.6 is 11.8 Å². The van der Waals surface area contributed by atoms with Crippen LogP contribution in [0.2, 0.25) is 0 Å². The quantitative estimate of drug-likeness (QED) is 0.870. The van der Waals surface area contributed by atoms with Crippen molar-refractivity contribution in [2.45, 2.75) is 37.5 Å². The number of benzene rings is 1. The van der Waals surface area contributed by atoms with Gasteiger partial charge in [-0.05, 0) is 61.1 Å². The first kappa shape index (κ1) is 12.3. The Morgan fingerprint density at radius 3 is 2.58 bits per heavy atom. The van der Waals surface area contributed by atoms with E-state index < -0.39 is 0 Å². The summed E-state index contributed by atoms with van der Waals surface area (Å²) >= 11 is 2.08. The van der Waals surface area contributed by atoms with Gasteiger partial charge in [0.2, 0.25) is 0 Å². The van der Waals surface area contributed by atoms with Gasteiger partial charge in [0.1, 0.15) is 0 Å². The molecule has 0 amide bonds. The Hall–Kier alpha value is -0.470. The average Bonchev–Trinajstić information content (AvgIpc) is 3.33. The van der Waals surface area contributed by atoms with Gasteiger partial charge in [0.25, 0.3) is 0 Å². The van der Waals surface area contributed by atoms with Crippen LogP contribution in [0.15, 0.2) is 24.3 Å². The highest BCUT2D eigenvalue weighted by Gasteiger charge is 2.41. The summed E-state index contributed by atoms with van der Waals surface area (Å²) < 4.78 is 0.